The summed E-state index contributed by atoms with van der Waals surface area (Å²) in [4.78, 5) is 24.1. The van der Waals surface area contributed by atoms with E-state index in [0.717, 1.165) is 22.4 Å². The second-order valence-corrected chi connectivity index (χ2v) is 6.27. The van der Waals surface area contributed by atoms with Gasteiger partial charge in [-0.15, -0.1) is 0 Å². The first-order chi connectivity index (χ1) is 12.9. The third kappa shape index (κ3) is 6.02. The van der Waals surface area contributed by atoms with Crippen molar-refractivity contribution in [2.75, 3.05) is 25.1 Å². The minimum Gasteiger partial charge on any atom is -0.490 e. The molecule has 144 valence electrons. The second-order valence-electron chi connectivity index (χ2n) is 6.27. The molecular weight excluding hydrogens is 344 g/mol. The summed E-state index contributed by atoms with van der Waals surface area (Å²) in [6.07, 6.45) is 0. The number of hydrogen-bond acceptors (Lipinski definition) is 4. The van der Waals surface area contributed by atoms with Crippen LogP contribution in [0.3, 0.4) is 0 Å². The minimum absolute atomic E-state index is 0.123. The Labute approximate surface area is 159 Å². The first-order valence-corrected chi connectivity index (χ1v) is 8.89. The van der Waals surface area contributed by atoms with E-state index >= 15 is 0 Å². The molecule has 0 unspecified atom stereocenters. The van der Waals surface area contributed by atoms with Gasteiger partial charge < -0.3 is 20.1 Å². The maximum absolute atomic E-state index is 12.1. The topological polar surface area (TPSA) is 76.7 Å². The molecule has 0 aromatic heterocycles. The third-order valence-corrected chi connectivity index (χ3v) is 3.90. The Bertz CT molecular complexity index is 795. The van der Waals surface area contributed by atoms with Crippen molar-refractivity contribution >= 4 is 17.5 Å². The summed E-state index contributed by atoms with van der Waals surface area (Å²) >= 11 is 0. The summed E-state index contributed by atoms with van der Waals surface area (Å²) in [6.45, 7) is 7.96. The molecule has 0 fully saturated rings. The highest BCUT2D eigenvalue weighted by Gasteiger charge is 2.11. The zero-order valence-electron chi connectivity index (χ0n) is 16.2. The first kappa shape index (κ1) is 20.3. The molecule has 0 spiro atoms. The van der Waals surface area contributed by atoms with Crippen molar-refractivity contribution in [3.8, 4) is 11.5 Å². The van der Waals surface area contributed by atoms with E-state index in [9.17, 15) is 9.59 Å². The van der Waals surface area contributed by atoms with Gasteiger partial charge in [-0.2, -0.15) is 0 Å². The standard InChI is InChI=1S/C21H26N2O4/c1-5-26-17-8-6-7-9-18(17)27-13-20(25)22-12-19(24)23-21-15(3)10-14(2)11-16(21)4/h6-11H,5,12-13H2,1-4H3,(H,22,25)(H,23,24). The zero-order valence-corrected chi connectivity index (χ0v) is 16.2. The van der Waals surface area contributed by atoms with Crippen LogP contribution < -0.4 is 20.1 Å². The quantitative estimate of drug-likeness (QED) is 0.748. The Hall–Kier alpha value is -3.02. The fourth-order valence-corrected chi connectivity index (χ4v) is 2.78. The van der Waals surface area contributed by atoms with Gasteiger partial charge in [0.05, 0.1) is 13.2 Å². The van der Waals surface area contributed by atoms with Gasteiger partial charge in [-0.25, -0.2) is 0 Å². The Kier molecular flexibility index (Phi) is 7.23. The van der Waals surface area contributed by atoms with Gasteiger partial charge in [0, 0.05) is 5.69 Å². The van der Waals surface area contributed by atoms with E-state index in [0.29, 0.717) is 18.1 Å². The molecule has 0 saturated heterocycles. The molecule has 27 heavy (non-hydrogen) atoms. The Morgan fingerprint density at radius 3 is 2.11 bits per heavy atom. The summed E-state index contributed by atoms with van der Waals surface area (Å²) in [5, 5.41) is 5.40. The number of hydrogen-bond donors (Lipinski definition) is 2. The SMILES string of the molecule is CCOc1ccccc1OCC(=O)NCC(=O)Nc1c(C)cc(C)cc1C. The molecule has 0 atom stereocenters. The van der Waals surface area contributed by atoms with E-state index in [1.54, 1.807) is 18.2 Å². The Balaban J connectivity index is 1.83. The number of aryl methyl sites for hydroxylation is 3. The maximum Gasteiger partial charge on any atom is 0.258 e. The number of para-hydroxylation sites is 2. The smallest absolute Gasteiger partial charge is 0.258 e. The van der Waals surface area contributed by atoms with Crippen molar-refractivity contribution < 1.29 is 19.1 Å². The van der Waals surface area contributed by atoms with Crippen LogP contribution in [0.4, 0.5) is 5.69 Å². The molecule has 0 aliphatic rings. The lowest BCUT2D eigenvalue weighted by molar-refractivity contribution is -0.125. The fourth-order valence-electron chi connectivity index (χ4n) is 2.78. The van der Waals surface area contributed by atoms with Crippen LogP contribution >= 0.6 is 0 Å². The van der Waals surface area contributed by atoms with Crippen molar-refractivity contribution in [3.05, 3.63) is 53.1 Å². The van der Waals surface area contributed by atoms with Gasteiger partial charge in [0.25, 0.3) is 5.91 Å². The number of anilines is 1. The summed E-state index contributed by atoms with van der Waals surface area (Å²) in [6, 6.07) is 11.1. The molecule has 6 heteroatoms. The maximum atomic E-state index is 12.1. The van der Waals surface area contributed by atoms with Gasteiger partial charge >= 0.3 is 0 Å². The van der Waals surface area contributed by atoms with E-state index in [1.807, 2.05) is 45.9 Å². The number of benzene rings is 2. The van der Waals surface area contributed by atoms with E-state index in [-0.39, 0.29) is 25.0 Å². The van der Waals surface area contributed by atoms with Crippen molar-refractivity contribution in [2.24, 2.45) is 0 Å². The van der Waals surface area contributed by atoms with Gasteiger partial charge in [0.1, 0.15) is 0 Å². The number of rotatable bonds is 8. The number of amides is 2. The van der Waals surface area contributed by atoms with E-state index in [4.69, 9.17) is 9.47 Å². The molecular formula is C21H26N2O4. The Morgan fingerprint density at radius 2 is 1.52 bits per heavy atom. The van der Waals surface area contributed by atoms with E-state index < -0.39 is 0 Å². The normalized spacial score (nSPS) is 10.2. The van der Waals surface area contributed by atoms with Crippen molar-refractivity contribution in [2.45, 2.75) is 27.7 Å². The lowest BCUT2D eigenvalue weighted by atomic mass is 10.1. The van der Waals surface area contributed by atoms with Crippen LogP contribution in [0.1, 0.15) is 23.6 Å². The van der Waals surface area contributed by atoms with Gasteiger partial charge in [-0.1, -0.05) is 29.8 Å². The van der Waals surface area contributed by atoms with Crippen LogP contribution in [0.5, 0.6) is 11.5 Å². The lowest BCUT2D eigenvalue weighted by Crippen LogP contribution is -2.36. The summed E-state index contributed by atoms with van der Waals surface area (Å²) in [5.41, 5.74) is 3.90. The summed E-state index contributed by atoms with van der Waals surface area (Å²) < 4.78 is 10.9. The molecule has 2 aromatic rings. The van der Waals surface area contributed by atoms with Crippen LogP contribution in [0.2, 0.25) is 0 Å². The number of carbonyl (C=O) groups is 2. The van der Waals surface area contributed by atoms with Gasteiger partial charge in [-0.05, 0) is 51.0 Å². The zero-order chi connectivity index (χ0) is 19.8. The summed E-state index contributed by atoms with van der Waals surface area (Å²) in [7, 11) is 0. The molecule has 2 amide bonds. The summed E-state index contributed by atoms with van der Waals surface area (Å²) in [5.74, 6) is 0.405. The number of carbonyl (C=O) groups excluding carboxylic acids is 2. The van der Waals surface area contributed by atoms with Gasteiger partial charge in [-0.3, -0.25) is 9.59 Å². The van der Waals surface area contributed by atoms with Crippen LogP contribution in [-0.2, 0) is 9.59 Å². The van der Waals surface area contributed by atoms with E-state index in [1.165, 1.54) is 0 Å². The molecule has 2 N–H and O–H groups in total. The largest absolute Gasteiger partial charge is 0.490 e. The Morgan fingerprint density at radius 1 is 0.926 bits per heavy atom. The van der Waals surface area contributed by atoms with Crippen LogP contribution in [0.15, 0.2) is 36.4 Å². The first-order valence-electron chi connectivity index (χ1n) is 8.89. The van der Waals surface area contributed by atoms with Crippen LogP contribution in [0, 0.1) is 20.8 Å². The molecule has 0 saturated carbocycles. The van der Waals surface area contributed by atoms with Crippen LogP contribution in [-0.4, -0.2) is 31.6 Å². The monoisotopic (exact) mass is 370 g/mol. The predicted molar refractivity (Wildman–Crippen MR) is 105 cm³/mol. The van der Waals surface area contributed by atoms with Crippen molar-refractivity contribution in [1.29, 1.82) is 0 Å². The molecule has 0 aliphatic heterocycles. The molecule has 2 aromatic carbocycles. The molecule has 6 nitrogen and oxygen atoms in total. The van der Waals surface area contributed by atoms with Gasteiger partial charge in [0.2, 0.25) is 5.91 Å². The highest BCUT2D eigenvalue weighted by molar-refractivity contribution is 5.95. The fraction of sp³-hybridized carbons (Fsp3) is 0.333. The average molecular weight is 370 g/mol. The average Bonchev–Trinajstić information content (AvgIpc) is 2.62. The highest BCUT2D eigenvalue weighted by Crippen LogP contribution is 2.26. The predicted octanol–water partition coefficient (Wildman–Crippen LogP) is 3.14. The van der Waals surface area contributed by atoms with Crippen LogP contribution in [0.25, 0.3) is 0 Å². The van der Waals surface area contributed by atoms with Gasteiger partial charge in [0.15, 0.2) is 18.1 Å². The number of ether oxygens (including phenoxy) is 2. The minimum atomic E-state index is -0.381. The van der Waals surface area contributed by atoms with Crippen molar-refractivity contribution in [1.82, 2.24) is 5.32 Å². The third-order valence-electron chi connectivity index (χ3n) is 3.90. The van der Waals surface area contributed by atoms with Crippen molar-refractivity contribution in [3.63, 3.8) is 0 Å². The van der Waals surface area contributed by atoms with E-state index in [2.05, 4.69) is 10.6 Å². The molecule has 0 heterocycles. The lowest BCUT2D eigenvalue weighted by Gasteiger charge is -2.14. The molecule has 2 rings (SSSR count). The molecule has 0 bridgehead atoms. The molecule has 0 aliphatic carbocycles. The second kappa shape index (κ2) is 9.62. The highest BCUT2D eigenvalue weighted by atomic mass is 16.5. The number of nitrogens with one attached hydrogen (secondary N) is 2. The molecule has 0 radical (unpaired) electrons.